The molecule has 0 radical (unpaired) electrons. The van der Waals surface area contributed by atoms with Crippen molar-refractivity contribution in [3.63, 3.8) is 0 Å². The zero-order chi connectivity index (χ0) is 26.1. The van der Waals surface area contributed by atoms with Crippen LogP contribution in [0.5, 0.6) is 0 Å². The zero-order valence-corrected chi connectivity index (χ0v) is 21.7. The third kappa shape index (κ3) is 6.64. The summed E-state index contributed by atoms with van der Waals surface area (Å²) >= 11 is 0. The average Bonchev–Trinajstić information content (AvgIpc) is 2.89. The summed E-state index contributed by atoms with van der Waals surface area (Å²) in [5.41, 5.74) is 3.27. The normalized spacial score (nSPS) is 13.0. The number of fused-ring (bicyclic) bond motifs is 1. The summed E-state index contributed by atoms with van der Waals surface area (Å²) in [5.74, 6) is -0.848. The number of amides is 1. The first-order chi connectivity index (χ1) is 17.3. The van der Waals surface area contributed by atoms with E-state index >= 15 is 0 Å². The molecule has 2 aromatic rings. The number of unbranched alkanes of at least 4 members (excludes halogenated alkanes) is 1. The Hall–Kier alpha value is -3.38. The van der Waals surface area contributed by atoms with Gasteiger partial charge in [0.25, 0.3) is 0 Å². The van der Waals surface area contributed by atoms with Crippen molar-refractivity contribution in [2.45, 2.75) is 52.4 Å². The van der Waals surface area contributed by atoms with Gasteiger partial charge in [0.1, 0.15) is 6.54 Å². The van der Waals surface area contributed by atoms with Gasteiger partial charge in [0.2, 0.25) is 15.9 Å². The number of hydrogen-bond donors (Lipinski definition) is 0. The van der Waals surface area contributed by atoms with Gasteiger partial charge in [-0.1, -0.05) is 37.6 Å². The first-order valence-electron chi connectivity index (χ1n) is 12.4. The first kappa shape index (κ1) is 27.2. The van der Waals surface area contributed by atoms with Gasteiger partial charge in [0.15, 0.2) is 0 Å². The molecule has 2 aromatic carbocycles. The molecule has 0 aliphatic carbocycles. The highest BCUT2D eigenvalue weighted by Gasteiger charge is 2.32. The number of benzene rings is 2. The molecule has 0 N–H and O–H groups in total. The van der Waals surface area contributed by atoms with E-state index in [1.165, 1.54) is 0 Å². The van der Waals surface area contributed by atoms with E-state index in [2.05, 4.69) is 6.07 Å². The molecule has 9 heteroatoms. The van der Waals surface area contributed by atoms with Crippen LogP contribution in [0.25, 0.3) is 0 Å². The Morgan fingerprint density at radius 3 is 2.56 bits per heavy atom. The second kappa shape index (κ2) is 12.5. The minimum absolute atomic E-state index is 0.0980. The molecule has 1 aliphatic rings. The number of rotatable bonds is 11. The predicted octanol–water partition coefficient (Wildman–Crippen LogP) is 3.97. The average molecular weight is 512 g/mol. The molecule has 1 aliphatic heterocycles. The molecule has 8 nitrogen and oxygen atoms in total. The number of hydrogen-bond acceptors (Lipinski definition) is 6. The van der Waals surface area contributed by atoms with Gasteiger partial charge in [0, 0.05) is 13.0 Å². The number of anilines is 2. The van der Waals surface area contributed by atoms with Gasteiger partial charge in [-0.25, -0.2) is 8.42 Å². The first-order valence-corrected chi connectivity index (χ1v) is 14.0. The standard InChI is InChI=1S/C27H33N3O5S/c1-3-5-18-36(33,34)30(20-26(32)35-4-2)24-10-6-8-23-9-7-17-29(27(23)24)25(31)16-15-21-11-13-22(19-28)14-12-21/h6,8,10-14H,3-5,7,9,15-18,20H2,1-2H3. The maximum Gasteiger partial charge on any atom is 0.326 e. The number of esters is 1. The zero-order valence-electron chi connectivity index (χ0n) is 20.9. The van der Waals surface area contributed by atoms with Crippen molar-refractivity contribution in [3.8, 4) is 6.07 Å². The second-order valence-corrected chi connectivity index (χ2v) is 10.7. The number of sulfonamides is 1. The number of aryl methyl sites for hydroxylation is 2. The molecule has 1 heterocycles. The molecule has 3 rings (SSSR count). The molecule has 0 atom stereocenters. The van der Waals surface area contributed by atoms with Gasteiger partial charge in [-0.15, -0.1) is 0 Å². The monoisotopic (exact) mass is 511 g/mol. The van der Waals surface area contributed by atoms with Crippen LogP contribution in [0.2, 0.25) is 0 Å². The number of carbonyl (C=O) groups is 2. The van der Waals surface area contributed by atoms with Gasteiger partial charge >= 0.3 is 5.97 Å². The van der Waals surface area contributed by atoms with Crippen LogP contribution >= 0.6 is 0 Å². The van der Waals surface area contributed by atoms with Gasteiger partial charge < -0.3 is 9.64 Å². The number of nitriles is 1. The maximum atomic E-state index is 13.4. The molecule has 0 saturated heterocycles. The van der Waals surface area contributed by atoms with Crippen LogP contribution in [0.15, 0.2) is 42.5 Å². The van der Waals surface area contributed by atoms with Crippen LogP contribution < -0.4 is 9.21 Å². The van der Waals surface area contributed by atoms with Crippen LogP contribution in [0.3, 0.4) is 0 Å². The lowest BCUT2D eigenvalue weighted by atomic mass is 9.99. The number of para-hydroxylation sites is 1. The van der Waals surface area contributed by atoms with Gasteiger partial charge in [-0.05, 0) is 61.9 Å². The Labute approximate surface area is 213 Å². The summed E-state index contributed by atoms with van der Waals surface area (Å²) in [6.45, 7) is 3.76. The third-order valence-corrected chi connectivity index (χ3v) is 7.95. The molecule has 0 fully saturated rings. The van der Waals surface area contributed by atoms with Crippen molar-refractivity contribution >= 4 is 33.3 Å². The summed E-state index contributed by atoms with van der Waals surface area (Å²) < 4.78 is 32.9. The lowest BCUT2D eigenvalue weighted by Crippen LogP contribution is -2.42. The molecule has 0 unspecified atom stereocenters. The van der Waals surface area contributed by atoms with Crippen LogP contribution in [0.1, 0.15) is 56.2 Å². The maximum absolute atomic E-state index is 13.4. The molecular weight excluding hydrogens is 478 g/mol. The van der Waals surface area contributed by atoms with E-state index in [1.807, 2.05) is 25.1 Å². The fourth-order valence-corrected chi connectivity index (χ4v) is 5.93. The molecule has 0 aromatic heterocycles. The largest absolute Gasteiger partial charge is 0.465 e. The van der Waals surface area contributed by atoms with Crippen molar-refractivity contribution in [1.82, 2.24) is 0 Å². The van der Waals surface area contributed by atoms with E-state index < -0.39 is 22.5 Å². The smallest absolute Gasteiger partial charge is 0.326 e. The van der Waals surface area contributed by atoms with E-state index in [1.54, 1.807) is 36.1 Å². The Morgan fingerprint density at radius 1 is 1.14 bits per heavy atom. The van der Waals surface area contributed by atoms with Crippen molar-refractivity contribution in [2.24, 2.45) is 0 Å². The fourth-order valence-electron chi connectivity index (χ4n) is 4.31. The summed E-state index contributed by atoms with van der Waals surface area (Å²) in [4.78, 5) is 27.5. The Morgan fingerprint density at radius 2 is 1.89 bits per heavy atom. The summed E-state index contributed by atoms with van der Waals surface area (Å²) in [6, 6.07) is 14.5. The summed E-state index contributed by atoms with van der Waals surface area (Å²) in [6.07, 6.45) is 3.37. The molecule has 36 heavy (non-hydrogen) atoms. The summed E-state index contributed by atoms with van der Waals surface area (Å²) in [7, 11) is -3.83. The minimum atomic E-state index is -3.83. The van der Waals surface area contributed by atoms with E-state index in [0.717, 1.165) is 21.9 Å². The Bertz CT molecular complexity index is 1220. The molecule has 0 bridgehead atoms. The number of ether oxygens (including phenoxy) is 1. The molecular formula is C27H33N3O5S. The van der Waals surface area contributed by atoms with Gasteiger partial charge in [-0.2, -0.15) is 5.26 Å². The van der Waals surface area contributed by atoms with E-state index in [4.69, 9.17) is 10.00 Å². The van der Waals surface area contributed by atoms with Crippen LogP contribution in [0, 0.1) is 11.3 Å². The lowest BCUT2D eigenvalue weighted by Gasteiger charge is -2.35. The highest BCUT2D eigenvalue weighted by molar-refractivity contribution is 7.92. The molecule has 1 amide bonds. The minimum Gasteiger partial charge on any atom is -0.465 e. The second-order valence-electron chi connectivity index (χ2n) is 8.72. The number of carbonyl (C=O) groups excluding carboxylic acids is 2. The quantitative estimate of drug-likeness (QED) is 0.423. The Balaban J connectivity index is 1.94. The van der Waals surface area contributed by atoms with Crippen LogP contribution in [0.4, 0.5) is 11.4 Å². The van der Waals surface area contributed by atoms with Crippen molar-refractivity contribution in [1.29, 1.82) is 5.26 Å². The molecule has 0 saturated carbocycles. The molecule has 192 valence electrons. The van der Waals surface area contributed by atoms with E-state index in [-0.39, 0.29) is 24.7 Å². The lowest BCUT2D eigenvalue weighted by molar-refractivity contribution is -0.141. The van der Waals surface area contributed by atoms with Crippen molar-refractivity contribution in [2.75, 3.05) is 34.7 Å². The van der Waals surface area contributed by atoms with E-state index in [0.29, 0.717) is 49.2 Å². The summed E-state index contributed by atoms with van der Waals surface area (Å²) in [5, 5.41) is 8.98. The highest BCUT2D eigenvalue weighted by Crippen LogP contribution is 2.38. The van der Waals surface area contributed by atoms with Crippen LogP contribution in [-0.4, -0.2) is 45.7 Å². The molecule has 0 spiro atoms. The van der Waals surface area contributed by atoms with Gasteiger partial charge in [0.05, 0.1) is 35.4 Å². The van der Waals surface area contributed by atoms with Crippen molar-refractivity contribution < 1.29 is 22.7 Å². The van der Waals surface area contributed by atoms with Crippen LogP contribution in [-0.2, 0) is 37.2 Å². The topological polar surface area (TPSA) is 108 Å². The predicted molar refractivity (Wildman–Crippen MR) is 139 cm³/mol. The Kier molecular flexibility index (Phi) is 9.48. The van der Waals surface area contributed by atoms with Crippen molar-refractivity contribution in [3.05, 3.63) is 59.2 Å². The van der Waals surface area contributed by atoms with E-state index in [9.17, 15) is 18.0 Å². The van der Waals surface area contributed by atoms with Gasteiger partial charge in [-0.3, -0.25) is 13.9 Å². The SMILES string of the molecule is CCCCS(=O)(=O)N(CC(=O)OCC)c1cccc2c1N(C(=O)CCc1ccc(C#N)cc1)CCC2. The number of nitrogens with zero attached hydrogens (tertiary/aromatic N) is 3. The highest BCUT2D eigenvalue weighted by atomic mass is 32.2. The fraction of sp³-hybridized carbons (Fsp3) is 0.444. The third-order valence-electron chi connectivity index (χ3n) is 6.15.